The predicted octanol–water partition coefficient (Wildman–Crippen LogP) is 4.67. The summed E-state index contributed by atoms with van der Waals surface area (Å²) < 4.78 is 11.4. The fourth-order valence-electron chi connectivity index (χ4n) is 2.95. The van der Waals surface area contributed by atoms with Crippen LogP contribution in [0.15, 0.2) is 48.5 Å². The molecular weight excluding hydrogens is 272 g/mol. The minimum atomic E-state index is 0.648. The van der Waals surface area contributed by atoms with Gasteiger partial charge in [-0.05, 0) is 61.1 Å². The largest absolute Gasteiger partial charge is 0.490 e. The first kappa shape index (κ1) is 14.7. The summed E-state index contributed by atoms with van der Waals surface area (Å²) in [6.45, 7) is 5.29. The van der Waals surface area contributed by atoms with Crippen LogP contribution >= 0.6 is 0 Å². The van der Waals surface area contributed by atoms with Crippen molar-refractivity contribution in [3.05, 3.63) is 65.2 Å². The number of benzene rings is 2. The van der Waals surface area contributed by atoms with E-state index in [0.717, 1.165) is 24.3 Å². The van der Waals surface area contributed by atoms with E-state index in [1.165, 1.54) is 22.3 Å². The lowest BCUT2D eigenvalue weighted by molar-refractivity contribution is 0.287. The van der Waals surface area contributed by atoms with E-state index < -0.39 is 0 Å². The second-order valence-corrected chi connectivity index (χ2v) is 5.41. The van der Waals surface area contributed by atoms with Crippen LogP contribution in [-0.2, 0) is 12.8 Å². The zero-order chi connectivity index (χ0) is 15.4. The lowest BCUT2D eigenvalue weighted by Crippen LogP contribution is -1.99. The third kappa shape index (κ3) is 3.01. The van der Waals surface area contributed by atoms with Crippen molar-refractivity contribution >= 4 is 5.57 Å². The Morgan fingerprint density at radius 2 is 1.68 bits per heavy atom. The number of fused-ring (bicyclic) bond motifs is 1. The third-order valence-electron chi connectivity index (χ3n) is 3.93. The van der Waals surface area contributed by atoms with Crippen molar-refractivity contribution in [2.45, 2.75) is 26.7 Å². The number of rotatable bonds is 6. The van der Waals surface area contributed by atoms with E-state index in [9.17, 15) is 0 Å². The van der Waals surface area contributed by atoms with E-state index in [4.69, 9.17) is 9.47 Å². The quantitative estimate of drug-likeness (QED) is 0.771. The maximum Gasteiger partial charge on any atom is 0.161 e. The minimum absolute atomic E-state index is 0.648. The van der Waals surface area contributed by atoms with Gasteiger partial charge in [0, 0.05) is 0 Å². The molecule has 1 aliphatic carbocycles. The number of hydrogen-bond acceptors (Lipinski definition) is 2. The van der Waals surface area contributed by atoms with Gasteiger partial charge in [0.1, 0.15) is 0 Å². The molecule has 0 N–H and O–H groups in total. The van der Waals surface area contributed by atoms with Gasteiger partial charge in [0.15, 0.2) is 11.5 Å². The SMILES string of the molecule is CCOc1ccc(CC2=CCc3ccccc32)cc1OCC. The monoisotopic (exact) mass is 294 g/mol. The summed E-state index contributed by atoms with van der Waals surface area (Å²) in [7, 11) is 0. The molecule has 2 aromatic carbocycles. The molecule has 0 spiro atoms. The fraction of sp³-hybridized carbons (Fsp3) is 0.300. The average Bonchev–Trinajstić information content (AvgIpc) is 2.94. The highest BCUT2D eigenvalue weighted by atomic mass is 16.5. The van der Waals surface area contributed by atoms with Gasteiger partial charge < -0.3 is 9.47 Å². The van der Waals surface area contributed by atoms with Crippen molar-refractivity contribution in [3.63, 3.8) is 0 Å². The Morgan fingerprint density at radius 3 is 2.50 bits per heavy atom. The molecule has 0 unspecified atom stereocenters. The molecule has 2 heteroatoms. The molecule has 0 heterocycles. The van der Waals surface area contributed by atoms with Crippen molar-refractivity contribution in [2.24, 2.45) is 0 Å². The van der Waals surface area contributed by atoms with E-state index >= 15 is 0 Å². The third-order valence-corrected chi connectivity index (χ3v) is 3.93. The highest BCUT2D eigenvalue weighted by Gasteiger charge is 2.14. The molecule has 0 amide bonds. The molecule has 0 atom stereocenters. The van der Waals surface area contributed by atoms with Crippen LogP contribution in [0.5, 0.6) is 11.5 Å². The number of hydrogen-bond donors (Lipinski definition) is 0. The zero-order valence-corrected chi connectivity index (χ0v) is 13.3. The molecule has 0 saturated heterocycles. The Hall–Kier alpha value is -2.22. The molecule has 0 aliphatic heterocycles. The second kappa shape index (κ2) is 6.69. The van der Waals surface area contributed by atoms with E-state index in [1.54, 1.807) is 0 Å². The summed E-state index contributed by atoms with van der Waals surface area (Å²) in [5.41, 5.74) is 5.47. The average molecular weight is 294 g/mol. The van der Waals surface area contributed by atoms with Gasteiger partial charge in [-0.2, -0.15) is 0 Å². The summed E-state index contributed by atoms with van der Waals surface area (Å²) in [5.74, 6) is 1.67. The zero-order valence-electron chi connectivity index (χ0n) is 13.3. The van der Waals surface area contributed by atoms with Gasteiger partial charge in [-0.15, -0.1) is 0 Å². The molecule has 2 aromatic rings. The van der Waals surface area contributed by atoms with Crippen molar-refractivity contribution in [1.82, 2.24) is 0 Å². The van der Waals surface area contributed by atoms with Crippen LogP contribution < -0.4 is 9.47 Å². The van der Waals surface area contributed by atoms with Crippen molar-refractivity contribution in [3.8, 4) is 11.5 Å². The van der Waals surface area contributed by atoms with E-state index in [2.05, 4.69) is 42.5 Å². The summed E-state index contributed by atoms with van der Waals surface area (Å²) in [6, 6.07) is 14.9. The summed E-state index contributed by atoms with van der Waals surface area (Å²) >= 11 is 0. The van der Waals surface area contributed by atoms with Crippen LogP contribution in [0.25, 0.3) is 5.57 Å². The van der Waals surface area contributed by atoms with E-state index in [1.807, 2.05) is 19.9 Å². The Labute approximate surface area is 132 Å². The first-order valence-electron chi connectivity index (χ1n) is 7.97. The van der Waals surface area contributed by atoms with E-state index in [-0.39, 0.29) is 0 Å². The van der Waals surface area contributed by atoms with Gasteiger partial charge >= 0.3 is 0 Å². The van der Waals surface area contributed by atoms with Crippen molar-refractivity contribution in [1.29, 1.82) is 0 Å². The highest BCUT2D eigenvalue weighted by Crippen LogP contribution is 2.33. The molecule has 0 radical (unpaired) electrons. The lowest BCUT2D eigenvalue weighted by atomic mass is 9.99. The minimum Gasteiger partial charge on any atom is -0.490 e. The van der Waals surface area contributed by atoms with Gasteiger partial charge in [0.2, 0.25) is 0 Å². The first-order chi connectivity index (χ1) is 10.8. The first-order valence-corrected chi connectivity index (χ1v) is 7.97. The maximum absolute atomic E-state index is 5.72. The van der Waals surface area contributed by atoms with Crippen LogP contribution in [0.3, 0.4) is 0 Å². The number of ether oxygens (including phenoxy) is 2. The second-order valence-electron chi connectivity index (χ2n) is 5.41. The molecule has 2 nitrogen and oxygen atoms in total. The molecule has 3 rings (SSSR count). The Morgan fingerprint density at radius 1 is 0.909 bits per heavy atom. The van der Waals surface area contributed by atoms with Crippen LogP contribution in [-0.4, -0.2) is 13.2 Å². The lowest BCUT2D eigenvalue weighted by Gasteiger charge is -2.13. The van der Waals surface area contributed by atoms with Gasteiger partial charge in [0.25, 0.3) is 0 Å². The van der Waals surface area contributed by atoms with Crippen LogP contribution in [0.4, 0.5) is 0 Å². The van der Waals surface area contributed by atoms with Gasteiger partial charge in [-0.1, -0.05) is 36.4 Å². The maximum atomic E-state index is 5.72. The van der Waals surface area contributed by atoms with Gasteiger partial charge in [-0.25, -0.2) is 0 Å². The molecule has 0 bridgehead atoms. The standard InChI is InChI=1S/C20H22O2/c1-3-21-19-12-9-15(14-20(19)22-4-2)13-17-11-10-16-7-5-6-8-18(16)17/h5-9,11-12,14H,3-4,10,13H2,1-2H3. The Balaban J connectivity index is 1.83. The fourth-order valence-corrected chi connectivity index (χ4v) is 2.95. The Bertz CT molecular complexity index is 686. The molecule has 1 aliphatic rings. The van der Waals surface area contributed by atoms with Gasteiger partial charge in [0.05, 0.1) is 13.2 Å². The van der Waals surface area contributed by atoms with Crippen molar-refractivity contribution in [2.75, 3.05) is 13.2 Å². The molecule has 114 valence electrons. The molecule has 22 heavy (non-hydrogen) atoms. The molecular formula is C20H22O2. The van der Waals surface area contributed by atoms with Crippen LogP contribution in [0.1, 0.15) is 30.5 Å². The predicted molar refractivity (Wildman–Crippen MR) is 90.6 cm³/mol. The summed E-state index contributed by atoms with van der Waals surface area (Å²) in [4.78, 5) is 0. The molecule has 0 aromatic heterocycles. The smallest absolute Gasteiger partial charge is 0.161 e. The van der Waals surface area contributed by atoms with Gasteiger partial charge in [-0.3, -0.25) is 0 Å². The van der Waals surface area contributed by atoms with E-state index in [0.29, 0.717) is 13.2 Å². The summed E-state index contributed by atoms with van der Waals surface area (Å²) in [5, 5.41) is 0. The molecule has 0 fully saturated rings. The summed E-state index contributed by atoms with van der Waals surface area (Å²) in [6.07, 6.45) is 4.31. The topological polar surface area (TPSA) is 18.5 Å². The Kier molecular flexibility index (Phi) is 4.47. The molecule has 0 saturated carbocycles. The van der Waals surface area contributed by atoms with Crippen molar-refractivity contribution < 1.29 is 9.47 Å². The highest BCUT2D eigenvalue weighted by molar-refractivity contribution is 5.74. The normalized spacial score (nSPS) is 12.7. The van der Waals surface area contributed by atoms with Crippen LogP contribution in [0, 0.1) is 0 Å². The van der Waals surface area contributed by atoms with Crippen LogP contribution in [0.2, 0.25) is 0 Å². The number of allylic oxidation sites excluding steroid dienone is 2.